The number of carbonyl (C=O) groups is 2. The molecule has 10 heteroatoms. The van der Waals surface area contributed by atoms with Gasteiger partial charge in [0.05, 0.1) is 0 Å². The molecule has 198 valence electrons. The lowest BCUT2D eigenvalue weighted by atomic mass is 10.0. The van der Waals surface area contributed by atoms with Crippen LogP contribution >= 0.6 is 0 Å². The number of benzene rings is 2. The molecule has 1 fully saturated rings. The SMILES string of the molecule is O=C(COc1ccc2ccc(=O)oc2c1)OC1=C(OC(=O)COc2ccc3ccc(=O)oc3c2)C2CCC1C2. The van der Waals surface area contributed by atoms with Crippen LogP contribution in [0.5, 0.6) is 11.5 Å². The second kappa shape index (κ2) is 10.1. The van der Waals surface area contributed by atoms with Crippen molar-refractivity contribution in [1.82, 2.24) is 0 Å². The van der Waals surface area contributed by atoms with Crippen molar-refractivity contribution >= 4 is 33.9 Å². The van der Waals surface area contributed by atoms with Crippen LogP contribution < -0.4 is 20.7 Å². The van der Waals surface area contributed by atoms with Crippen molar-refractivity contribution in [3.05, 3.63) is 93.0 Å². The smallest absolute Gasteiger partial charge is 0.349 e. The Hall–Kier alpha value is -4.86. The molecule has 2 aromatic heterocycles. The fourth-order valence-corrected chi connectivity index (χ4v) is 4.98. The first kappa shape index (κ1) is 24.5. The maximum absolute atomic E-state index is 12.6. The monoisotopic (exact) mass is 530 g/mol. The topological polar surface area (TPSA) is 131 Å². The third-order valence-electron chi connectivity index (χ3n) is 6.77. The van der Waals surface area contributed by atoms with Crippen molar-refractivity contribution in [3.8, 4) is 11.5 Å². The number of ether oxygens (including phenoxy) is 4. The Morgan fingerprint density at radius 1 is 0.667 bits per heavy atom. The van der Waals surface area contributed by atoms with Crippen LogP contribution in [0.1, 0.15) is 19.3 Å². The number of rotatable bonds is 8. The summed E-state index contributed by atoms with van der Waals surface area (Å²) >= 11 is 0. The van der Waals surface area contributed by atoms with Gasteiger partial charge in [-0.25, -0.2) is 19.2 Å². The first-order valence-electron chi connectivity index (χ1n) is 12.4. The van der Waals surface area contributed by atoms with E-state index < -0.39 is 23.2 Å². The molecule has 2 atom stereocenters. The minimum atomic E-state index is -0.644. The summed E-state index contributed by atoms with van der Waals surface area (Å²) in [5, 5.41) is 1.44. The molecule has 2 bridgehead atoms. The van der Waals surface area contributed by atoms with Crippen molar-refractivity contribution in [2.24, 2.45) is 11.8 Å². The van der Waals surface area contributed by atoms with Gasteiger partial charge in [0.1, 0.15) is 34.2 Å². The minimum Gasteiger partial charge on any atom is -0.482 e. The van der Waals surface area contributed by atoms with E-state index in [1.807, 2.05) is 0 Å². The summed E-state index contributed by atoms with van der Waals surface area (Å²) in [6, 6.07) is 15.7. The molecule has 0 spiro atoms. The van der Waals surface area contributed by atoms with Gasteiger partial charge in [-0.1, -0.05) is 0 Å². The standard InChI is InChI=1S/C29H22O10/c30-24-9-5-16-3-7-20(12-22(16)36-24)34-14-26(32)38-28-18-1-2-19(11-18)29(28)39-27(33)15-35-21-8-4-17-6-10-25(31)37-23(17)13-21/h3-10,12-13,18-19H,1-2,11,14-15H2. The highest BCUT2D eigenvalue weighted by molar-refractivity contribution is 5.79. The van der Waals surface area contributed by atoms with Gasteiger partial charge in [0, 0.05) is 46.9 Å². The van der Waals surface area contributed by atoms with Crippen LogP contribution in [0.3, 0.4) is 0 Å². The zero-order valence-electron chi connectivity index (χ0n) is 20.5. The Labute approximate surface area is 220 Å². The third-order valence-corrected chi connectivity index (χ3v) is 6.77. The van der Waals surface area contributed by atoms with Gasteiger partial charge in [0.2, 0.25) is 0 Å². The van der Waals surface area contributed by atoms with Gasteiger partial charge in [-0.05, 0) is 55.7 Å². The van der Waals surface area contributed by atoms with Gasteiger partial charge in [-0.2, -0.15) is 0 Å². The summed E-state index contributed by atoms with van der Waals surface area (Å²) in [4.78, 5) is 48.1. The molecule has 2 unspecified atom stereocenters. The molecule has 0 N–H and O–H groups in total. The van der Waals surface area contributed by atoms with Crippen LogP contribution in [-0.4, -0.2) is 25.2 Å². The Morgan fingerprint density at radius 2 is 1.10 bits per heavy atom. The van der Waals surface area contributed by atoms with E-state index in [0.29, 0.717) is 34.2 Å². The largest absolute Gasteiger partial charge is 0.482 e. The van der Waals surface area contributed by atoms with Crippen LogP contribution in [-0.2, 0) is 19.1 Å². The summed E-state index contributed by atoms with van der Waals surface area (Å²) in [7, 11) is 0. The van der Waals surface area contributed by atoms with Gasteiger partial charge in [0.15, 0.2) is 13.2 Å². The van der Waals surface area contributed by atoms with Crippen LogP contribution in [0, 0.1) is 11.8 Å². The molecule has 39 heavy (non-hydrogen) atoms. The summed E-state index contributed by atoms with van der Waals surface area (Å²) in [6.45, 7) is -0.766. The summed E-state index contributed by atoms with van der Waals surface area (Å²) < 4.78 is 32.5. The number of hydrogen-bond donors (Lipinski definition) is 0. The molecular formula is C29H22O10. The molecule has 1 saturated carbocycles. The number of hydrogen-bond acceptors (Lipinski definition) is 10. The third kappa shape index (κ3) is 5.26. The molecule has 6 rings (SSSR count). The van der Waals surface area contributed by atoms with Gasteiger partial charge >= 0.3 is 23.2 Å². The fourth-order valence-electron chi connectivity index (χ4n) is 4.98. The van der Waals surface area contributed by atoms with Crippen LogP contribution in [0.15, 0.2) is 90.6 Å². The summed E-state index contributed by atoms with van der Waals surface area (Å²) in [5.41, 5.74) is -0.289. The highest BCUT2D eigenvalue weighted by atomic mass is 16.6. The van der Waals surface area contributed by atoms with Crippen LogP contribution in [0.25, 0.3) is 21.9 Å². The number of esters is 2. The van der Waals surface area contributed by atoms with Gasteiger partial charge < -0.3 is 27.8 Å². The van der Waals surface area contributed by atoms with Gasteiger partial charge in [-0.3, -0.25) is 0 Å². The van der Waals surface area contributed by atoms with Crippen molar-refractivity contribution in [1.29, 1.82) is 0 Å². The van der Waals surface area contributed by atoms with Crippen LogP contribution in [0.4, 0.5) is 0 Å². The first-order valence-corrected chi connectivity index (χ1v) is 12.4. The maximum Gasteiger partial charge on any atom is 0.349 e. The predicted octanol–water partition coefficient (Wildman–Crippen LogP) is 4.09. The van der Waals surface area contributed by atoms with Crippen molar-refractivity contribution in [2.75, 3.05) is 13.2 Å². The Morgan fingerprint density at radius 3 is 1.56 bits per heavy atom. The van der Waals surface area contributed by atoms with E-state index in [-0.39, 0.29) is 25.0 Å². The second-order valence-electron chi connectivity index (χ2n) is 9.37. The Kier molecular flexibility index (Phi) is 6.36. The fraction of sp³-hybridized carbons (Fsp3) is 0.241. The van der Waals surface area contributed by atoms with E-state index in [9.17, 15) is 19.2 Å². The van der Waals surface area contributed by atoms with E-state index in [0.717, 1.165) is 30.0 Å². The van der Waals surface area contributed by atoms with Crippen LogP contribution in [0.2, 0.25) is 0 Å². The van der Waals surface area contributed by atoms with Gasteiger partial charge in [0.25, 0.3) is 0 Å². The first-order chi connectivity index (χ1) is 18.9. The van der Waals surface area contributed by atoms with E-state index in [2.05, 4.69) is 0 Å². The highest BCUT2D eigenvalue weighted by Crippen LogP contribution is 2.49. The highest BCUT2D eigenvalue weighted by Gasteiger charge is 2.44. The Bertz CT molecular complexity index is 1620. The zero-order chi connectivity index (χ0) is 26.9. The lowest BCUT2D eigenvalue weighted by molar-refractivity contribution is -0.146. The Balaban J connectivity index is 1.08. The molecule has 2 heterocycles. The maximum atomic E-state index is 12.6. The minimum absolute atomic E-state index is 0.0130. The molecule has 2 aromatic carbocycles. The number of carbonyl (C=O) groups excluding carboxylic acids is 2. The molecule has 0 aliphatic heterocycles. The zero-order valence-corrected chi connectivity index (χ0v) is 20.5. The summed E-state index contributed by atoms with van der Waals surface area (Å²) in [6.07, 6.45) is 2.40. The number of allylic oxidation sites excluding steroid dienone is 2. The molecule has 2 aliphatic rings. The average molecular weight is 530 g/mol. The molecule has 10 nitrogen and oxygen atoms in total. The van der Waals surface area contributed by atoms with E-state index in [1.54, 1.807) is 36.4 Å². The quantitative estimate of drug-likeness (QED) is 0.242. The molecule has 4 aromatic rings. The normalized spacial score (nSPS) is 17.9. The van der Waals surface area contributed by atoms with Crippen molar-refractivity contribution in [3.63, 3.8) is 0 Å². The second-order valence-corrected chi connectivity index (χ2v) is 9.37. The van der Waals surface area contributed by atoms with Crippen molar-refractivity contribution < 1.29 is 37.4 Å². The molecule has 2 aliphatic carbocycles. The average Bonchev–Trinajstić information content (AvgIpc) is 3.53. The van der Waals surface area contributed by atoms with E-state index >= 15 is 0 Å². The van der Waals surface area contributed by atoms with E-state index in [1.165, 1.54) is 24.3 Å². The molecule has 0 radical (unpaired) electrons. The number of fused-ring (bicyclic) bond motifs is 4. The van der Waals surface area contributed by atoms with Gasteiger partial charge in [-0.15, -0.1) is 0 Å². The molecular weight excluding hydrogens is 508 g/mol. The molecule has 0 saturated heterocycles. The van der Waals surface area contributed by atoms with E-state index in [4.69, 9.17) is 27.8 Å². The molecule has 0 amide bonds. The lowest BCUT2D eigenvalue weighted by Crippen LogP contribution is -2.21. The lowest BCUT2D eigenvalue weighted by Gasteiger charge is -2.19. The van der Waals surface area contributed by atoms with Crippen molar-refractivity contribution in [2.45, 2.75) is 19.3 Å². The predicted molar refractivity (Wildman–Crippen MR) is 136 cm³/mol. The summed E-state index contributed by atoms with van der Waals surface area (Å²) in [5.74, 6) is 0.0709.